The van der Waals surface area contributed by atoms with Gasteiger partial charge in [-0.1, -0.05) is 0 Å². The smallest absolute Gasteiger partial charge is 0.346 e. The van der Waals surface area contributed by atoms with Gasteiger partial charge in [0.25, 0.3) is 0 Å². The van der Waals surface area contributed by atoms with Gasteiger partial charge in [0.15, 0.2) is 9.84 Å². The number of carbonyl (C=O) groups excluding carboxylic acids is 1. The third kappa shape index (κ3) is 4.08. The van der Waals surface area contributed by atoms with Gasteiger partial charge in [-0.15, -0.1) is 0 Å². The molecule has 2 saturated carbocycles. The van der Waals surface area contributed by atoms with Crippen LogP contribution in [0.5, 0.6) is 0 Å². The maximum atomic E-state index is 12.9. The van der Waals surface area contributed by atoms with Crippen LogP contribution in [0.4, 0.5) is 10.5 Å². The fourth-order valence-corrected chi connectivity index (χ4v) is 4.37. The number of carbonyl (C=O) groups is 2. The number of rotatable bonds is 7. The summed E-state index contributed by atoms with van der Waals surface area (Å²) < 4.78 is 24.5. The Balaban J connectivity index is 2.01. The van der Waals surface area contributed by atoms with Crippen LogP contribution in [-0.2, 0) is 14.7 Å². The molecule has 0 saturated heterocycles. The van der Waals surface area contributed by atoms with Crippen LogP contribution in [0.3, 0.4) is 0 Å². The summed E-state index contributed by atoms with van der Waals surface area (Å²) in [5, 5.41) is 13.2. The van der Waals surface area contributed by atoms with Crippen molar-refractivity contribution in [3.63, 3.8) is 0 Å². The first-order valence-electron chi connectivity index (χ1n) is 8.86. The lowest BCUT2D eigenvalue weighted by Crippen LogP contribution is -2.47. The Bertz CT molecular complexity index is 862. The van der Waals surface area contributed by atoms with E-state index in [0.717, 1.165) is 37.0 Å². The number of aromatic carboxylic acids is 1. The van der Waals surface area contributed by atoms with Crippen LogP contribution >= 0.6 is 0 Å². The monoisotopic (exact) mass is 396 g/mol. The van der Waals surface area contributed by atoms with Crippen LogP contribution in [0.15, 0.2) is 17.0 Å². The molecule has 1 aromatic rings. The standard InChI is InChI=1S/C18H24N2O6S/c1-10-13(17(21)22)8-9-14(27(3,24)25)16(10)20(26-2)18(23)19-15(11-4-5-11)12-6-7-12/h8-9,11-12,15H,4-7H2,1-3H3,(H,19,23)(H,21,22). The van der Waals surface area contributed by atoms with E-state index in [-0.39, 0.29) is 27.8 Å². The normalized spacial score (nSPS) is 17.0. The largest absolute Gasteiger partial charge is 0.478 e. The third-order valence-electron chi connectivity index (χ3n) is 5.14. The number of hydroxylamine groups is 1. The van der Waals surface area contributed by atoms with E-state index < -0.39 is 21.8 Å². The molecule has 0 heterocycles. The van der Waals surface area contributed by atoms with Gasteiger partial charge >= 0.3 is 12.0 Å². The summed E-state index contributed by atoms with van der Waals surface area (Å²) >= 11 is 0. The summed E-state index contributed by atoms with van der Waals surface area (Å²) in [5.74, 6) is -0.318. The summed E-state index contributed by atoms with van der Waals surface area (Å²) in [4.78, 5) is 29.4. The number of amides is 2. The molecule has 0 aromatic heterocycles. The van der Waals surface area contributed by atoms with E-state index in [1.165, 1.54) is 26.2 Å². The van der Waals surface area contributed by atoms with Crippen LogP contribution in [0, 0.1) is 18.8 Å². The van der Waals surface area contributed by atoms with Crippen molar-refractivity contribution in [3.05, 3.63) is 23.3 Å². The SMILES string of the molecule is CON(C(=O)NC(C1CC1)C1CC1)c1c(S(C)(=O)=O)ccc(C(=O)O)c1C. The summed E-state index contributed by atoms with van der Waals surface area (Å²) in [7, 11) is -2.47. The molecule has 0 radical (unpaired) electrons. The Morgan fingerprint density at radius 2 is 1.78 bits per heavy atom. The van der Waals surface area contributed by atoms with E-state index in [1.54, 1.807) is 0 Å². The van der Waals surface area contributed by atoms with Crippen molar-refractivity contribution in [1.29, 1.82) is 0 Å². The van der Waals surface area contributed by atoms with E-state index in [9.17, 15) is 23.1 Å². The van der Waals surface area contributed by atoms with Crippen molar-refractivity contribution in [3.8, 4) is 0 Å². The number of carboxylic acids is 1. The Kier molecular flexibility index (Phi) is 5.18. The predicted molar refractivity (Wildman–Crippen MR) is 98.5 cm³/mol. The first-order valence-corrected chi connectivity index (χ1v) is 10.8. The number of hydrogen-bond donors (Lipinski definition) is 2. The molecule has 27 heavy (non-hydrogen) atoms. The molecule has 3 rings (SSSR count). The highest BCUT2D eigenvalue weighted by molar-refractivity contribution is 7.90. The van der Waals surface area contributed by atoms with E-state index in [1.807, 2.05) is 0 Å². The first kappa shape index (κ1) is 19.6. The first-order chi connectivity index (χ1) is 12.6. The number of sulfone groups is 1. The Labute approximate surface area is 158 Å². The number of nitrogens with zero attached hydrogens (tertiary/aromatic N) is 1. The number of hydrogen-bond acceptors (Lipinski definition) is 5. The average Bonchev–Trinajstić information content (AvgIpc) is 3.46. The van der Waals surface area contributed by atoms with Crippen molar-refractivity contribution in [1.82, 2.24) is 5.32 Å². The Morgan fingerprint density at radius 3 is 2.19 bits per heavy atom. The minimum absolute atomic E-state index is 0.0415. The zero-order valence-corrected chi connectivity index (χ0v) is 16.4. The van der Waals surface area contributed by atoms with Gasteiger partial charge in [-0.05, 0) is 62.1 Å². The van der Waals surface area contributed by atoms with Crippen molar-refractivity contribution >= 4 is 27.5 Å². The lowest BCUT2D eigenvalue weighted by atomic mass is 10.1. The zero-order valence-electron chi connectivity index (χ0n) is 15.6. The molecule has 9 heteroatoms. The van der Waals surface area contributed by atoms with Crippen molar-refractivity contribution < 1.29 is 28.0 Å². The molecule has 1 aromatic carbocycles. The number of anilines is 1. The van der Waals surface area contributed by atoms with Gasteiger partial charge < -0.3 is 10.4 Å². The van der Waals surface area contributed by atoms with Crippen LogP contribution < -0.4 is 10.4 Å². The third-order valence-corrected chi connectivity index (χ3v) is 6.27. The molecule has 2 aliphatic rings. The summed E-state index contributed by atoms with van der Waals surface area (Å²) in [6.07, 6.45) is 5.27. The molecule has 0 aliphatic heterocycles. The molecule has 2 aliphatic carbocycles. The maximum Gasteiger partial charge on any atom is 0.346 e. The second-order valence-corrected chi connectivity index (χ2v) is 9.27. The molecule has 0 spiro atoms. The topological polar surface area (TPSA) is 113 Å². The van der Waals surface area contributed by atoms with Gasteiger partial charge in [-0.25, -0.2) is 18.0 Å². The molecular formula is C18H24N2O6S. The van der Waals surface area contributed by atoms with Crippen LogP contribution in [-0.4, -0.2) is 44.9 Å². The number of benzene rings is 1. The average molecular weight is 396 g/mol. The summed E-state index contributed by atoms with van der Waals surface area (Å²) in [5.41, 5.74) is -0.00671. The molecule has 2 fully saturated rings. The van der Waals surface area contributed by atoms with Gasteiger partial charge in [0.05, 0.1) is 23.3 Å². The number of carboxylic acid groups (broad SMARTS) is 1. The molecule has 0 bridgehead atoms. The van der Waals surface area contributed by atoms with Gasteiger partial charge in [0, 0.05) is 12.3 Å². The molecule has 0 atom stereocenters. The van der Waals surface area contributed by atoms with Crippen LogP contribution in [0.1, 0.15) is 41.6 Å². The van der Waals surface area contributed by atoms with E-state index in [0.29, 0.717) is 11.8 Å². The maximum absolute atomic E-state index is 12.9. The molecule has 148 valence electrons. The van der Waals surface area contributed by atoms with Crippen molar-refractivity contribution in [2.75, 3.05) is 18.4 Å². The van der Waals surface area contributed by atoms with Crippen molar-refractivity contribution in [2.24, 2.45) is 11.8 Å². The van der Waals surface area contributed by atoms with Gasteiger partial charge in [0.1, 0.15) is 0 Å². The van der Waals surface area contributed by atoms with Crippen LogP contribution in [0.2, 0.25) is 0 Å². The molecule has 2 amide bonds. The Morgan fingerprint density at radius 1 is 1.22 bits per heavy atom. The Hall–Kier alpha value is -2.13. The van der Waals surface area contributed by atoms with Crippen molar-refractivity contribution in [2.45, 2.75) is 43.5 Å². The molecule has 0 unspecified atom stereocenters. The highest BCUT2D eigenvalue weighted by Gasteiger charge is 2.43. The van der Waals surface area contributed by atoms with E-state index >= 15 is 0 Å². The lowest BCUT2D eigenvalue weighted by Gasteiger charge is -2.27. The highest BCUT2D eigenvalue weighted by Crippen LogP contribution is 2.44. The second-order valence-electron chi connectivity index (χ2n) is 7.29. The summed E-state index contributed by atoms with van der Waals surface area (Å²) in [6, 6.07) is 1.87. The second kappa shape index (κ2) is 7.12. The minimum Gasteiger partial charge on any atom is -0.478 e. The van der Waals surface area contributed by atoms with E-state index in [2.05, 4.69) is 5.32 Å². The van der Waals surface area contributed by atoms with Gasteiger partial charge in [-0.3, -0.25) is 4.84 Å². The lowest BCUT2D eigenvalue weighted by molar-refractivity contribution is 0.0695. The van der Waals surface area contributed by atoms with Crippen LogP contribution in [0.25, 0.3) is 0 Å². The molecule has 2 N–H and O–H groups in total. The fourth-order valence-electron chi connectivity index (χ4n) is 3.47. The number of nitrogens with one attached hydrogen (secondary N) is 1. The predicted octanol–water partition coefficient (Wildman–Crippen LogP) is 2.36. The van der Waals surface area contributed by atoms with Gasteiger partial charge in [0.2, 0.25) is 0 Å². The van der Waals surface area contributed by atoms with Gasteiger partial charge in [-0.2, -0.15) is 5.06 Å². The van der Waals surface area contributed by atoms with E-state index in [4.69, 9.17) is 4.84 Å². The quantitative estimate of drug-likeness (QED) is 0.684. The highest BCUT2D eigenvalue weighted by atomic mass is 32.2. The fraction of sp³-hybridized carbons (Fsp3) is 0.556. The number of urea groups is 1. The minimum atomic E-state index is -3.72. The molecule has 8 nitrogen and oxygen atoms in total. The molecular weight excluding hydrogens is 372 g/mol. The zero-order chi connectivity index (χ0) is 19.9. The summed E-state index contributed by atoms with van der Waals surface area (Å²) in [6.45, 7) is 1.46.